The van der Waals surface area contributed by atoms with Gasteiger partial charge in [-0.25, -0.2) is 4.79 Å². The fourth-order valence-corrected chi connectivity index (χ4v) is 4.09. The number of nitrogens with zero attached hydrogens (tertiary/aromatic N) is 2. The van der Waals surface area contributed by atoms with Gasteiger partial charge in [0, 0.05) is 18.8 Å². The average molecular weight is 311 g/mol. The molecule has 0 bridgehead atoms. The fourth-order valence-electron chi connectivity index (χ4n) is 3.64. The molecule has 0 aromatic heterocycles. The molecule has 1 N–H and O–H groups in total. The molecule has 3 rings (SSSR count). The van der Waals surface area contributed by atoms with Gasteiger partial charge in [-0.2, -0.15) is 0 Å². The number of anilines is 2. The normalized spacial score (nSPS) is 21.8. The van der Waals surface area contributed by atoms with Gasteiger partial charge in [-0.15, -0.1) is 0 Å². The SMILES string of the molecule is COc1ccc(C(=O)O)c2c1N(Cl)C(C1CCCC1)N2C. The van der Waals surface area contributed by atoms with Crippen LogP contribution in [0.25, 0.3) is 0 Å². The lowest BCUT2D eigenvalue weighted by molar-refractivity contribution is 0.0697. The van der Waals surface area contributed by atoms with Gasteiger partial charge in [-0.1, -0.05) is 12.8 Å². The van der Waals surface area contributed by atoms with Crippen molar-refractivity contribution in [3.05, 3.63) is 17.7 Å². The number of hydrogen-bond acceptors (Lipinski definition) is 4. The first-order valence-corrected chi connectivity index (χ1v) is 7.52. The van der Waals surface area contributed by atoms with Gasteiger partial charge in [0.25, 0.3) is 0 Å². The predicted octanol–water partition coefficient (Wildman–Crippen LogP) is 3.32. The Morgan fingerprint density at radius 1 is 1.33 bits per heavy atom. The van der Waals surface area contributed by atoms with E-state index in [4.69, 9.17) is 16.5 Å². The molecule has 114 valence electrons. The van der Waals surface area contributed by atoms with Crippen LogP contribution in [0.2, 0.25) is 0 Å². The zero-order valence-electron chi connectivity index (χ0n) is 12.2. The summed E-state index contributed by atoms with van der Waals surface area (Å²) in [6, 6.07) is 3.25. The molecule has 5 nitrogen and oxygen atoms in total. The summed E-state index contributed by atoms with van der Waals surface area (Å²) in [5.41, 5.74) is 1.58. The van der Waals surface area contributed by atoms with Crippen molar-refractivity contribution in [2.45, 2.75) is 31.8 Å². The van der Waals surface area contributed by atoms with Gasteiger partial charge >= 0.3 is 5.97 Å². The Morgan fingerprint density at radius 3 is 2.57 bits per heavy atom. The summed E-state index contributed by atoms with van der Waals surface area (Å²) in [5, 5.41) is 9.44. The third kappa shape index (κ3) is 2.11. The van der Waals surface area contributed by atoms with Crippen molar-refractivity contribution in [1.29, 1.82) is 0 Å². The Labute approximate surface area is 129 Å². The second-order valence-electron chi connectivity index (χ2n) is 5.70. The van der Waals surface area contributed by atoms with Crippen LogP contribution in [0.4, 0.5) is 11.4 Å². The van der Waals surface area contributed by atoms with Crippen molar-refractivity contribution >= 4 is 29.1 Å². The van der Waals surface area contributed by atoms with Crippen LogP contribution < -0.4 is 14.1 Å². The van der Waals surface area contributed by atoms with Gasteiger partial charge in [0.15, 0.2) is 0 Å². The summed E-state index contributed by atoms with van der Waals surface area (Å²) in [7, 11) is 3.49. The van der Waals surface area contributed by atoms with Crippen LogP contribution in [0.1, 0.15) is 36.0 Å². The number of hydrogen-bond donors (Lipinski definition) is 1. The summed E-state index contributed by atoms with van der Waals surface area (Å²) in [6.07, 6.45) is 4.64. The van der Waals surface area contributed by atoms with E-state index in [0.717, 1.165) is 12.8 Å². The van der Waals surface area contributed by atoms with Crippen molar-refractivity contribution in [2.75, 3.05) is 23.5 Å². The number of methoxy groups -OCH3 is 1. The number of rotatable bonds is 3. The van der Waals surface area contributed by atoms with Gasteiger partial charge in [0.2, 0.25) is 0 Å². The average Bonchev–Trinajstić information content (AvgIpc) is 3.06. The molecule has 1 aliphatic heterocycles. The minimum atomic E-state index is -0.946. The van der Waals surface area contributed by atoms with E-state index in [1.54, 1.807) is 23.7 Å². The van der Waals surface area contributed by atoms with Crippen LogP contribution >= 0.6 is 11.8 Å². The van der Waals surface area contributed by atoms with E-state index in [2.05, 4.69) is 0 Å². The molecule has 1 heterocycles. The molecule has 1 unspecified atom stereocenters. The van der Waals surface area contributed by atoms with Gasteiger partial charge in [0.05, 0.1) is 18.4 Å². The number of halogens is 1. The third-order valence-electron chi connectivity index (χ3n) is 4.58. The van der Waals surface area contributed by atoms with Crippen LogP contribution in [-0.2, 0) is 0 Å². The molecule has 1 fully saturated rings. The number of carboxylic acids is 1. The lowest BCUT2D eigenvalue weighted by atomic mass is 10.0. The number of aromatic carboxylic acids is 1. The van der Waals surface area contributed by atoms with E-state index in [9.17, 15) is 9.90 Å². The zero-order valence-corrected chi connectivity index (χ0v) is 12.9. The molecule has 0 amide bonds. The van der Waals surface area contributed by atoms with E-state index in [1.165, 1.54) is 12.8 Å². The van der Waals surface area contributed by atoms with Crippen molar-refractivity contribution in [1.82, 2.24) is 0 Å². The molecule has 21 heavy (non-hydrogen) atoms. The topological polar surface area (TPSA) is 53.0 Å². The van der Waals surface area contributed by atoms with Crippen LogP contribution in [0.15, 0.2) is 12.1 Å². The maximum atomic E-state index is 11.5. The molecule has 6 heteroatoms. The highest BCUT2D eigenvalue weighted by molar-refractivity contribution is 6.29. The standard InChI is InChI=1S/C15H19ClN2O3/c1-17-12-10(15(19)20)7-8-11(21-2)13(12)18(16)14(17)9-5-3-4-6-9/h7-9,14H,3-6H2,1-2H3,(H,19,20). The Hall–Kier alpha value is -1.62. The fraction of sp³-hybridized carbons (Fsp3) is 0.533. The Balaban J connectivity index is 2.11. The highest BCUT2D eigenvalue weighted by Crippen LogP contribution is 2.51. The van der Waals surface area contributed by atoms with Crippen molar-refractivity contribution in [3.63, 3.8) is 0 Å². The maximum Gasteiger partial charge on any atom is 0.337 e. The third-order valence-corrected chi connectivity index (χ3v) is 4.95. The Morgan fingerprint density at radius 2 is 2.00 bits per heavy atom. The number of benzene rings is 1. The first-order chi connectivity index (χ1) is 10.1. The summed E-state index contributed by atoms with van der Waals surface area (Å²) < 4.78 is 7.04. The van der Waals surface area contributed by atoms with Crippen molar-refractivity contribution in [2.24, 2.45) is 5.92 Å². The van der Waals surface area contributed by atoms with E-state index in [0.29, 0.717) is 23.0 Å². The summed E-state index contributed by atoms with van der Waals surface area (Å²) >= 11 is 6.56. The summed E-state index contributed by atoms with van der Waals surface area (Å²) in [4.78, 5) is 13.5. The highest BCUT2D eigenvalue weighted by atomic mass is 35.5. The molecule has 0 saturated heterocycles. The van der Waals surface area contributed by atoms with Gasteiger partial charge in [-0.05, 0) is 30.9 Å². The largest absolute Gasteiger partial charge is 0.494 e. The smallest absolute Gasteiger partial charge is 0.337 e. The molecule has 0 spiro atoms. The first-order valence-electron chi connectivity index (χ1n) is 7.18. The number of carbonyl (C=O) groups is 1. The minimum Gasteiger partial charge on any atom is -0.494 e. The molecule has 1 saturated carbocycles. The number of fused-ring (bicyclic) bond motifs is 1. The van der Waals surface area contributed by atoms with E-state index in [1.807, 2.05) is 11.9 Å². The molecule has 1 atom stereocenters. The molecule has 0 radical (unpaired) electrons. The highest BCUT2D eigenvalue weighted by Gasteiger charge is 2.43. The Bertz CT molecular complexity index is 572. The zero-order chi connectivity index (χ0) is 15.1. The van der Waals surface area contributed by atoms with Crippen molar-refractivity contribution < 1.29 is 14.6 Å². The van der Waals surface area contributed by atoms with E-state index < -0.39 is 5.97 Å². The van der Waals surface area contributed by atoms with Gasteiger partial charge < -0.3 is 14.7 Å². The molecular weight excluding hydrogens is 292 g/mol. The molecule has 2 aliphatic rings. The minimum absolute atomic E-state index is 0.0152. The quantitative estimate of drug-likeness (QED) is 0.868. The molecule has 1 aromatic rings. The van der Waals surface area contributed by atoms with E-state index >= 15 is 0 Å². The number of carboxylic acid groups (broad SMARTS) is 1. The molecular formula is C15H19ClN2O3. The van der Waals surface area contributed by atoms with Gasteiger partial charge in [0.1, 0.15) is 17.6 Å². The second-order valence-corrected chi connectivity index (χ2v) is 6.06. The monoisotopic (exact) mass is 310 g/mol. The lowest BCUT2D eigenvalue weighted by Gasteiger charge is -2.31. The van der Waals surface area contributed by atoms with Crippen molar-refractivity contribution in [3.8, 4) is 5.75 Å². The summed E-state index contributed by atoms with van der Waals surface area (Å²) in [6.45, 7) is 0. The van der Waals surface area contributed by atoms with Crippen LogP contribution in [-0.4, -0.2) is 31.4 Å². The maximum absolute atomic E-state index is 11.5. The molecule has 1 aromatic carbocycles. The van der Waals surface area contributed by atoms with Crippen LogP contribution in [0, 0.1) is 5.92 Å². The van der Waals surface area contributed by atoms with Crippen LogP contribution in [0.3, 0.4) is 0 Å². The predicted molar refractivity (Wildman–Crippen MR) is 82.4 cm³/mol. The molecule has 1 aliphatic carbocycles. The van der Waals surface area contributed by atoms with E-state index in [-0.39, 0.29) is 11.7 Å². The Kier molecular flexibility index (Phi) is 3.61. The van der Waals surface area contributed by atoms with Crippen LogP contribution in [0.5, 0.6) is 5.75 Å². The number of ether oxygens (including phenoxy) is 1. The lowest BCUT2D eigenvalue weighted by Crippen LogP contribution is -2.42. The first kappa shape index (κ1) is 14.3. The second kappa shape index (κ2) is 5.30. The summed E-state index contributed by atoms with van der Waals surface area (Å²) in [5.74, 6) is 0.112. The van der Waals surface area contributed by atoms with Gasteiger partial charge in [-0.3, -0.25) is 4.42 Å².